The zero-order chi connectivity index (χ0) is 19.2. The topological polar surface area (TPSA) is 73.3 Å². The van der Waals surface area contributed by atoms with Crippen molar-refractivity contribution in [2.75, 3.05) is 19.5 Å². The number of methoxy groups -OCH3 is 2. The standard InChI is InChI=1S/C19H18ClN3O3S/c1-25-15-8-5-13(9-16(15)26-2)11-18-22-23-19(27-18)21-17(24)10-12-3-6-14(20)7-4-12/h3-9H,10-11H2,1-2H3,(H,21,23,24). The molecule has 3 rings (SSSR count). The van der Waals surface area contributed by atoms with E-state index in [-0.39, 0.29) is 12.3 Å². The van der Waals surface area contributed by atoms with E-state index in [1.54, 1.807) is 26.4 Å². The Morgan fingerprint density at radius 3 is 2.44 bits per heavy atom. The van der Waals surface area contributed by atoms with Crippen LogP contribution < -0.4 is 14.8 Å². The van der Waals surface area contributed by atoms with Gasteiger partial charge in [-0.2, -0.15) is 0 Å². The summed E-state index contributed by atoms with van der Waals surface area (Å²) in [6, 6.07) is 12.9. The maximum Gasteiger partial charge on any atom is 0.230 e. The van der Waals surface area contributed by atoms with Crippen LogP contribution in [-0.4, -0.2) is 30.3 Å². The minimum Gasteiger partial charge on any atom is -0.493 e. The molecule has 3 aromatic rings. The molecule has 0 radical (unpaired) electrons. The maximum atomic E-state index is 12.2. The summed E-state index contributed by atoms with van der Waals surface area (Å²) in [6.45, 7) is 0. The van der Waals surface area contributed by atoms with Crippen molar-refractivity contribution in [1.82, 2.24) is 10.2 Å². The number of nitrogens with one attached hydrogen (secondary N) is 1. The lowest BCUT2D eigenvalue weighted by molar-refractivity contribution is -0.115. The first kappa shape index (κ1) is 19.1. The van der Waals surface area contributed by atoms with Crippen LogP contribution in [0.2, 0.25) is 5.02 Å². The smallest absolute Gasteiger partial charge is 0.230 e. The number of hydrogen-bond donors (Lipinski definition) is 1. The van der Waals surface area contributed by atoms with Gasteiger partial charge >= 0.3 is 0 Å². The predicted octanol–water partition coefficient (Wildman–Crippen LogP) is 3.98. The van der Waals surface area contributed by atoms with Crippen molar-refractivity contribution >= 4 is 34.0 Å². The predicted molar refractivity (Wildman–Crippen MR) is 106 cm³/mol. The lowest BCUT2D eigenvalue weighted by atomic mass is 10.1. The molecule has 0 spiro atoms. The number of carbonyl (C=O) groups is 1. The summed E-state index contributed by atoms with van der Waals surface area (Å²) >= 11 is 7.20. The first-order valence-corrected chi connectivity index (χ1v) is 9.34. The van der Waals surface area contributed by atoms with E-state index >= 15 is 0 Å². The molecule has 0 aliphatic carbocycles. The molecular weight excluding hydrogens is 386 g/mol. The van der Waals surface area contributed by atoms with Crippen LogP contribution in [0.15, 0.2) is 42.5 Å². The molecule has 0 aliphatic heterocycles. The van der Waals surface area contributed by atoms with Crippen molar-refractivity contribution in [3.63, 3.8) is 0 Å². The number of benzene rings is 2. The molecule has 0 unspecified atom stereocenters. The van der Waals surface area contributed by atoms with Crippen LogP contribution in [0.3, 0.4) is 0 Å². The van der Waals surface area contributed by atoms with Gasteiger partial charge in [-0.1, -0.05) is 41.1 Å². The van der Waals surface area contributed by atoms with E-state index in [1.165, 1.54) is 11.3 Å². The van der Waals surface area contributed by atoms with Gasteiger partial charge in [-0.25, -0.2) is 0 Å². The molecule has 0 aliphatic rings. The highest BCUT2D eigenvalue weighted by atomic mass is 35.5. The molecule has 0 atom stereocenters. The van der Waals surface area contributed by atoms with Gasteiger partial charge in [0, 0.05) is 11.4 Å². The third-order valence-corrected chi connectivity index (χ3v) is 4.89. The Balaban J connectivity index is 1.61. The Hall–Kier alpha value is -2.64. The first-order valence-electron chi connectivity index (χ1n) is 8.15. The molecule has 6 nitrogen and oxygen atoms in total. The molecule has 1 amide bonds. The SMILES string of the molecule is COc1ccc(Cc2nnc(NC(=O)Cc3ccc(Cl)cc3)s2)cc1OC. The maximum absolute atomic E-state index is 12.2. The summed E-state index contributed by atoms with van der Waals surface area (Å²) in [4.78, 5) is 12.2. The molecule has 27 heavy (non-hydrogen) atoms. The second-order valence-electron chi connectivity index (χ2n) is 5.72. The Kier molecular flexibility index (Phi) is 6.26. The Bertz CT molecular complexity index is 928. The van der Waals surface area contributed by atoms with Crippen LogP contribution >= 0.6 is 22.9 Å². The number of anilines is 1. The first-order chi connectivity index (χ1) is 13.1. The van der Waals surface area contributed by atoms with Gasteiger partial charge in [-0.05, 0) is 35.4 Å². The number of aromatic nitrogens is 2. The molecule has 0 fully saturated rings. The highest BCUT2D eigenvalue weighted by Gasteiger charge is 2.11. The van der Waals surface area contributed by atoms with Crippen molar-refractivity contribution in [1.29, 1.82) is 0 Å². The Morgan fingerprint density at radius 1 is 1.04 bits per heavy atom. The summed E-state index contributed by atoms with van der Waals surface area (Å²) in [6.07, 6.45) is 0.840. The van der Waals surface area contributed by atoms with Gasteiger partial charge < -0.3 is 14.8 Å². The van der Waals surface area contributed by atoms with Crippen molar-refractivity contribution in [2.45, 2.75) is 12.8 Å². The van der Waals surface area contributed by atoms with E-state index in [4.69, 9.17) is 21.1 Å². The number of amides is 1. The van der Waals surface area contributed by atoms with E-state index in [2.05, 4.69) is 15.5 Å². The van der Waals surface area contributed by atoms with Crippen LogP contribution in [0.4, 0.5) is 5.13 Å². The van der Waals surface area contributed by atoms with Crippen molar-refractivity contribution in [3.8, 4) is 11.5 Å². The number of rotatable bonds is 7. The van der Waals surface area contributed by atoms with Gasteiger partial charge in [0.05, 0.1) is 20.6 Å². The normalized spacial score (nSPS) is 10.5. The van der Waals surface area contributed by atoms with Gasteiger partial charge in [0.1, 0.15) is 5.01 Å². The van der Waals surface area contributed by atoms with Gasteiger partial charge in [0.15, 0.2) is 11.5 Å². The fourth-order valence-electron chi connectivity index (χ4n) is 2.49. The molecule has 1 N–H and O–H groups in total. The number of carbonyl (C=O) groups excluding carboxylic acids is 1. The number of halogens is 1. The van der Waals surface area contributed by atoms with E-state index in [0.717, 1.165) is 16.1 Å². The van der Waals surface area contributed by atoms with Gasteiger partial charge in [0.25, 0.3) is 0 Å². The molecule has 0 saturated heterocycles. The molecule has 140 valence electrons. The zero-order valence-corrected chi connectivity index (χ0v) is 16.4. The van der Waals surface area contributed by atoms with E-state index in [9.17, 15) is 4.79 Å². The lowest BCUT2D eigenvalue weighted by Crippen LogP contribution is -2.14. The van der Waals surface area contributed by atoms with Gasteiger partial charge in [-0.15, -0.1) is 10.2 Å². The summed E-state index contributed by atoms with van der Waals surface area (Å²) < 4.78 is 10.6. The van der Waals surface area contributed by atoms with Crippen LogP contribution in [0.5, 0.6) is 11.5 Å². The van der Waals surface area contributed by atoms with Crippen LogP contribution in [0.25, 0.3) is 0 Å². The molecule has 8 heteroatoms. The van der Waals surface area contributed by atoms with Crippen molar-refractivity contribution in [2.24, 2.45) is 0 Å². The van der Waals surface area contributed by atoms with Crippen LogP contribution in [0.1, 0.15) is 16.1 Å². The number of ether oxygens (including phenoxy) is 2. The molecular formula is C19H18ClN3O3S. The van der Waals surface area contributed by atoms with Gasteiger partial charge in [-0.3, -0.25) is 4.79 Å². The Morgan fingerprint density at radius 2 is 1.74 bits per heavy atom. The average Bonchev–Trinajstić information content (AvgIpc) is 3.10. The van der Waals surface area contributed by atoms with Gasteiger partial charge in [0.2, 0.25) is 11.0 Å². The molecule has 1 aromatic heterocycles. The molecule has 2 aromatic carbocycles. The quantitative estimate of drug-likeness (QED) is 0.645. The van der Waals surface area contributed by atoms with E-state index in [0.29, 0.717) is 28.1 Å². The Labute approximate surface area is 166 Å². The second kappa shape index (κ2) is 8.83. The summed E-state index contributed by atoms with van der Waals surface area (Å²) in [7, 11) is 3.20. The summed E-state index contributed by atoms with van der Waals surface area (Å²) in [5.41, 5.74) is 1.90. The van der Waals surface area contributed by atoms with E-state index in [1.807, 2.05) is 30.3 Å². The minimum absolute atomic E-state index is 0.147. The lowest BCUT2D eigenvalue weighted by Gasteiger charge is -2.08. The molecule has 1 heterocycles. The third kappa shape index (κ3) is 5.18. The number of hydrogen-bond acceptors (Lipinski definition) is 6. The van der Waals surface area contributed by atoms with E-state index < -0.39 is 0 Å². The number of nitrogens with zero attached hydrogens (tertiary/aromatic N) is 2. The van der Waals surface area contributed by atoms with Crippen molar-refractivity contribution in [3.05, 3.63) is 63.6 Å². The fourth-order valence-corrected chi connectivity index (χ4v) is 3.41. The third-order valence-electron chi connectivity index (χ3n) is 3.79. The summed E-state index contributed by atoms with van der Waals surface area (Å²) in [5, 5.41) is 12.9. The van der Waals surface area contributed by atoms with Crippen molar-refractivity contribution < 1.29 is 14.3 Å². The van der Waals surface area contributed by atoms with Crippen LogP contribution in [0, 0.1) is 0 Å². The zero-order valence-electron chi connectivity index (χ0n) is 14.9. The molecule has 0 saturated carbocycles. The fraction of sp³-hybridized carbons (Fsp3) is 0.211. The average molecular weight is 404 g/mol. The molecule has 0 bridgehead atoms. The monoisotopic (exact) mass is 403 g/mol. The summed E-state index contributed by atoms with van der Waals surface area (Å²) in [5.74, 6) is 1.19. The van der Waals surface area contributed by atoms with Crippen LogP contribution in [-0.2, 0) is 17.6 Å². The largest absolute Gasteiger partial charge is 0.493 e. The highest BCUT2D eigenvalue weighted by Crippen LogP contribution is 2.29. The second-order valence-corrected chi connectivity index (χ2v) is 7.22. The minimum atomic E-state index is -0.147. The highest BCUT2D eigenvalue weighted by molar-refractivity contribution is 7.15.